The molecule has 2 heteroatoms. The third-order valence-electron chi connectivity index (χ3n) is 4.07. The molecule has 2 nitrogen and oxygen atoms in total. The van der Waals surface area contributed by atoms with E-state index in [0.717, 1.165) is 25.0 Å². The predicted molar refractivity (Wildman–Crippen MR) is 86.7 cm³/mol. The number of hydrogen-bond acceptors (Lipinski definition) is 2. The summed E-state index contributed by atoms with van der Waals surface area (Å²) in [6, 6.07) is 18.3. The highest BCUT2D eigenvalue weighted by molar-refractivity contribution is 5.27. The molecule has 2 rings (SSSR count). The van der Waals surface area contributed by atoms with E-state index in [2.05, 4.69) is 31.2 Å². The first-order valence-electron chi connectivity index (χ1n) is 7.54. The summed E-state index contributed by atoms with van der Waals surface area (Å²) in [4.78, 5) is 0. The minimum atomic E-state index is -0.638. The molecule has 0 saturated carbocycles. The van der Waals surface area contributed by atoms with E-state index in [9.17, 15) is 5.11 Å². The van der Waals surface area contributed by atoms with Gasteiger partial charge in [0.15, 0.2) is 0 Å². The maximum Gasteiger partial charge on any atom is 0.118 e. The Morgan fingerprint density at radius 2 is 1.62 bits per heavy atom. The Morgan fingerprint density at radius 3 is 2.19 bits per heavy atom. The van der Waals surface area contributed by atoms with Crippen molar-refractivity contribution < 1.29 is 9.84 Å². The summed E-state index contributed by atoms with van der Waals surface area (Å²) in [5.74, 6) is 0.869. The average Bonchev–Trinajstić information content (AvgIpc) is 2.54. The van der Waals surface area contributed by atoms with Gasteiger partial charge in [0, 0.05) is 6.42 Å². The topological polar surface area (TPSA) is 29.5 Å². The van der Waals surface area contributed by atoms with Crippen LogP contribution >= 0.6 is 0 Å². The third kappa shape index (κ3) is 4.61. The predicted octanol–water partition coefficient (Wildman–Crippen LogP) is 4.01. The van der Waals surface area contributed by atoms with Crippen molar-refractivity contribution in [3.05, 3.63) is 65.7 Å². The summed E-state index contributed by atoms with van der Waals surface area (Å²) in [6.07, 6.45) is 3.12. The van der Waals surface area contributed by atoms with Crippen LogP contribution in [0.15, 0.2) is 54.6 Å². The van der Waals surface area contributed by atoms with Crippen LogP contribution < -0.4 is 4.74 Å². The van der Waals surface area contributed by atoms with Gasteiger partial charge in [-0.2, -0.15) is 0 Å². The van der Waals surface area contributed by atoms with Crippen LogP contribution in [0, 0.1) is 0 Å². The first-order valence-corrected chi connectivity index (χ1v) is 7.54. The molecular weight excluding hydrogens is 260 g/mol. The fraction of sp³-hybridized carbons (Fsp3) is 0.368. The van der Waals surface area contributed by atoms with Gasteiger partial charge in [0.05, 0.1) is 12.7 Å². The Bertz CT molecular complexity index is 533. The normalized spacial score (nSPS) is 13.7. The Labute approximate surface area is 127 Å². The first kappa shape index (κ1) is 15.6. The van der Waals surface area contributed by atoms with Crippen LogP contribution in [0.5, 0.6) is 5.75 Å². The van der Waals surface area contributed by atoms with Crippen molar-refractivity contribution in [1.82, 2.24) is 0 Å². The highest BCUT2D eigenvalue weighted by Crippen LogP contribution is 2.24. The van der Waals surface area contributed by atoms with Gasteiger partial charge in [0.1, 0.15) is 5.75 Å². The van der Waals surface area contributed by atoms with E-state index in [4.69, 9.17) is 4.74 Å². The lowest BCUT2D eigenvalue weighted by Gasteiger charge is -2.27. The second-order valence-electron chi connectivity index (χ2n) is 5.59. The molecule has 2 aromatic rings. The van der Waals surface area contributed by atoms with E-state index in [1.807, 2.05) is 30.3 Å². The molecule has 2 aromatic carbocycles. The average molecular weight is 284 g/mol. The van der Waals surface area contributed by atoms with Crippen LogP contribution in [0.3, 0.4) is 0 Å². The largest absolute Gasteiger partial charge is 0.497 e. The summed E-state index contributed by atoms with van der Waals surface area (Å²) in [5.41, 5.74) is 1.79. The van der Waals surface area contributed by atoms with Gasteiger partial charge in [-0.1, -0.05) is 49.4 Å². The Balaban J connectivity index is 1.97. The number of methoxy groups -OCH3 is 1. The van der Waals surface area contributed by atoms with E-state index < -0.39 is 5.60 Å². The molecule has 0 spiro atoms. The van der Waals surface area contributed by atoms with Crippen molar-refractivity contribution in [2.75, 3.05) is 7.11 Å². The van der Waals surface area contributed by atoms with Crippen LogP contribution in [0.2, 0.25) is 0 Å². The number of aryl methyl sites for hydroxylation is 1. The number of hydrogen-bond donors (Lipinski definition) is 1. The zero-order valence-corrected chi connectivity index (χ0v) is 12.9. The number of aliphatic hydroxyl groups is 1. The monoisotopic (exact) mass is 284 g/mol. The lowest BCUT2D eigenvalue weighted by Crippen LogP contribution is -2.31. The van der Waals surface area contributed by atoms with Crippen molar-refractivity contribution in [3.63, 3.8) is 0 Å². The molecule has 0 aliphatic rings. The molecule has 0 aliphatic heterocycles. The van der Waals surface area contributed by atoms with Gasteiger partial charge in [-0.05, 0) is 42.5 Å². The van der Waals surface area contributed by atoms with Crippen molar-refractivity contribution in [3.8, 4) is 5.75 Å². The van der Waals surface area contributed by atoms with Crippen LogP contribution in [-0.4, -0.2) is 17.8 Å². The van der Waals surface area contributed by atoms with Gasteiger partial charge in [-0.25, -0.2) is 0 Å². The summed E-state index contributed by atoms with van der Waals surface area (Å²) < 4.78 is 5.17. The molecule has 0 aliphatic carbocycles. The van der Waals surface area contributed by atoms with E-state index in [0.29, 0.717) is 6.42 Å². The number of benzene rings is 2. The molecule has 1 N–H and O–H groups in total. The fourth-order valence-corrected chi connectivity index (χ4v) is 2.54. The van der Waals surface area contributed by atoms with Crippen molar-refractivity contribution in [2.24, 2.45) is 0 Å². The molecule has 1 unspecified atom stereocenters. The van der Waals surface area contributed by atoms with Gasteiger partial charge in [-0.15, -0.1) is 0 Å². The molecule has 0 fully saturated rings. The maximum atomic E-state index is 10.8. The minimum absolute atomic E-state index is 0.638. The van der Waals surface area contributed by atoms with Crippen LogP contribution in [0.25, 0.3) is 0 Å². The van der Waals surface area contributed by atoms with Crippen molar-refractivity contribution in [2.45, 2.75) is 38.2 Å². The van der Waals surface area contributed by atoms with Gasteiger partial charge < -0.3 is 9.84 Å². The number of rotatable bonds is 7. The Hall–Kier alpha value is -1.80. The second-order valence-corrected chi connectivity index (χ2v) is 5.59. The Morgan fingerprint density at radius 1 is 0.952 bits per heavy atom. The lowest BCUT2D eigenvalue weighted by molar-refractivity contribution is 0.0280. The smallest absolute Gasteiger partial charge is 0.118 e. The first-order chi connectivity index (χ1) is 10.1. The van der Waals surface area contributed by atoms with Gasteiger partial charge in [-0.3, -0.25) is 0 Å². The molecule has 0 saturated heterocycles. The summed E-state index contributed by atoms with van der Waals surface area (Å²) in [6.45, 7) is 2.05. The van der Waals surface area contributed by atoms with Gasteiger partial charge in [0.25, 0.3) is 0 Å². The maximum absolute atomic E-state index is 10.8. The van der Waals surface area contributed by atoms with Crippen LogP contribution in [0.1, 0.15) is 30.9 Å². The molecule has 21 heavy (non-hydrogen) atoms. The lowest BCUT2D eigenvalue weighted by atomic mass is 9.86. The second kappa shape index (κ2) is 7.28. The molecular formula is C19H24O2. The highest BCUT2D eigenvalue weighted by atomic mass is 16.5. The SMILES string of the molecule is CCC(O)(CCc1ccc(OC)cc1)Cc1ccccc1. The van der Waals surface area contributed by atoms with Crippen molar-refractivity contribution >= 4 is 0 Å². The van der Waals surface area contributed by atoms with E-state index in [1.54, 1.807) is 7.11 Å². The molecule has 0 amide bonds. The summed E-state index contributed by atoms with van der Waals surface area (Å²) >= 11 is 0. The van der Waals surface area contributed by atoms with E-state index in [1.165, 1.54) is 11.1 Å². The third-order valence-corrected chi connectivity index (χ3v) is 4.07. The van der Waals surface area contributed by atoms with Crippen molar-refractivity contribution in [1.29, 1.82) is 0 Å². The molecule has 112 valence electrons. The zero-order chi connectivity index (χ0) is 15.1. The highest BCUT2D eigenvalue weighted by Gasteiger charge is 2.24. The molecule has 0 bridgehead atoms. The number of ether oxygens (including phenoxy) is 1. The van der Waals surface area contributed by atoms with Gasteiger partial charge >= 0.3 is 0 Å². The summed E-state index contributed by atoms with van der Waals surface area (Å²) in [5, 5.41) is 10.8. The Kier molecular flexibility index (Phi) is 5.40. The quantitative estimate of drug-likeness (QED) is 0.832. The zero-order valence-electron chi connectivity index (χ0n) is 12.9. The van der Waals surface area contributed by atoms with E-state index >= 15 is 0 Å². The van der Waals surface area contributed by atoms with E-state index in [-0.39, 0.29) is 0 Å². The molecule has 0 heterocycles. The van der Waals surface area contributed by atoms with Gasteiger partial charge in [0.2, 0.25) is 0 Å². The van der Waals surface area contributed by atoms with Crippen LogP contribution in [-0.2, 0) is 12.8 Å². The fourth-order valence-electron chi connectivity index (χ4n) is 2.54. The van der Waals surface area contributed by atoms with Crippen LogP contribution in [0.4, 0.5) is 0 Å². The standard InChI is InChI=1S/C19H24O2/c1-3-19(20,15-17-7-5-4-6-8-17)14-13-16-9-11-18(21-2)12-10-16/h4-12,20H,3,13-15H2,1-2H3. The molecule has 0 radical (unpaired) electrons. The molecule has 0 aromatic heterocycles. The molecule has 1 atom stereocenters. The summed E-state index contributed by atoms with van der Waals surface area (Å²) in [7, 11) is 1.67. The minimum Gasteiger partial charge on any atom is -0.497 e.